The molecular weight excluding hydrogens is 114 g/mol. The molecular formula is C7H14NO+. The predicted octanol–water partition coefficient (Wildman–Crippen LogP) is 0.857. The standard InChI is InChI=1S/C7H14NO/c1-2-3-4-8-5-6-9-7-8/h7H,2-6H2,1H3/q+1. The maximum absolute atomic E-state index is 5.06. The summed E-state index contributed by atoms with van der Waals surface area (Å²) in [7, 11) is 0. The maximum atomic E-state index is 5.06. The second-order valence-corrected chi connectivity index (χ2v) is 2.37. The highest BCUT2D eigenvalue weighted by Gasteiger charge is 2.09. The molecule has 1 aliphatic heterocycles. The fraction of sp³-hybridized carbons (Fsp3) is 0.857. The predicted molar refractivity (Wildman–Crippen MR) is 36.9 cm³/mol. The summed E-state index contributed by atoms with van der Waals surface area (Å²) in [5, 5.41) is 0. The highest BCUT2D eigenvalue weighted by molar-refractivity contribution is 5.40. The van der Waals surface area contributed by atoms with E-state index >= 15 is 0 Å². The molecule has 2 heteroatoms. The number of hydrogen-bond donors (Lipinski definition) is 0. The van der Waals surface area contributed by atoms with Crippen LogP contribution in [0.3, 0.4) is 0 Å². The summed E-state index contributed by atoms with van der Waals surface area (Å²) in [6.07, 6.45) is 4.39. The molecule has 1 heterocycles. The molecule has 0 unspecified atom stereocenters. The van der Waals surface area contributed by atoms with Crippen LogP contribution < -0.4 is 0 Å². The molecule has 0 bridgehead atoms. The minimum atomic E-state index is 0.879. The number of rotatable bonds is 3. The van der Waals surface area contributed by atoms with E-state index in [1.807, 2.05) is 6.40 Å². The van der Waals surface area contributed by atoms with Crippen LogP contribution in [-0.4, -0.2) is 30.7 Å². The first-order chi connectivity index (χ1) is 4.43. The number of nitrogens with zero attached hydrogens (tertiary/aromatic N) is 1. The number of unbranched alkanes of at least 4 members (excludes halogenated alkanes) is 1. The van der Waals surface area contributed by atoms with E-state index in [1.54, 1.807) is 0 Å². The fourth-order valence-electron chi connectivity index (χ4n) is 0.906. The molecule has 9 heavy (non-hydrogen) atoms. The molecule has 0 saturated heterocycles. The molecule has 1 rings (SSSR count). The van der Waals surface area contributed by atoms with Gasteiger partial charge in [-0.1, -0.05) is 13.3 Å². The van der Waals surface area contributed by atoms with Crippen molar-refractivity contribution >= 4 is 6.40 Å². The Kier molecular flexibility index (Phi) is 2.55. The Labute approximate surface area is 56.1 Å². The van der Waals surface area contributed by atoms with Crippen LogP contribution in [0, 0.1) is 0 Å². The molecule has 52 valence electrons. The Hall–Kier alpha value is -0.530. The molecule has 0 aliphatic carbocycles. The lowest BCUT2D eigenvalue weighted by Crippen LogP contribution is -2.10. The van der Waals surface area contributed by atoms with E-state index in [-0.39, 0.29) is 0 Å². The van der Waals surface area contributed by atoms with Crippen LogP contribution in [-0.2, 0) is 4.74 Å². The van der Waals surface area contributed by atoms with Gasteiger partial charge in [0.05, 0.1) is 0 Å². The van der Waals surface area contributed by atoms with Gasteiger partial charge in [0.1, 0.15) is 6.54 Å². The molecule has 0 saturated carbocycles. The van der Waals surface area contributed by atoms with Crippen molar-refractivity contribution in [3.05, 3.63) is 0 Å². The van der Waals surface area contributed by atoms with Gasteiger partial charge < -0.3 is 4.74 Å². The lowest BCUT2D eigenvalue weighted by Gasteiger charge is -1.90. The Morgan fingerprint density at radius 2 is 2.56 bits per heavy atom. The molecule has 0 spiro atoms. The third-order valence-electron chi connectivity index (χ3n) is 1.52. The molecule has 0 fully saturated rings. The van der Waals surface area contributed by atoms with Gasteiger partial charge in [0.2, 0.25) is 0 Å². The Bertz CT molecular complexity index is 109. The summed E-state index contributed by atoms with van der Waals surface area (Å²) in [4.78, 5) is 0. The van der Waals surface area contributed by atoms with Crippen molar-refractivity contribution in [2.24, 2.45) is 0 Å². The number of hydrogen-bond acceptors (Lipinski definition) is 1. The van der Waals surface area contributed by atoms with Gasteiger partial charge in [0, 0.05) is 6.42 Å². The highest BCUT2D eigenvalue weighted by Crippen LogP contribution is 1.91. The lowest BCUT2D eigenvalue weighted by molar-refractivity contribution is -0.514. The zero-order chi connectivity index (χ0) is 6.53. The first-order valence-corrected chi connectivity index (χ1v) is 3.62. The van der Waals surface area contributed by atoms with Gasteiger partial charge >= 0.3 is 6.40 Å². The summed E-state index contributed by atoms with van der Waals surface area (Å²) < 4.78 is 7.28. The molecule has 1 aliphatic rings. The largest absolute Gasteiger partial charge is 0.444 e. The average molecular weight is 128 g/mol. The first kappa shape index (κ1) is 6.59. The van der Waals surface area contributed by atoms with Crippen LogP contribution in [0.15, 0.2) is 0 Å². The molecule has 0 aromatic heterocycles. The van der Waals surface area contributed by atoms with Gasteiger partial charge in [0.15, 0.2) is 13.2 Å². The van der Waals surface area contributed by atoms with Crippen molar-refractivity contribution in [2.75, 3.05) is 19.7 Å². The first-order valence-electron chi connectivity index (χ1n) is 3.62. The summed E-state index contributed by atoms with van der Waals surface area (Å²) in [6, 6.07) is 0. The Morgan fingerprint density at radius 1 is 1.67 bits per heavy atom. The third kappa shape index (κ3) is 2.04. The van der Waals surface area contributed by atoms with E-state index < -0.39 is 0 Å². The smallest absolute Gasteiger partial charge is 0.324 e. The minimum Gasteiger partial charge on any atom is -0.444 e. The van der Waals surface area contributed by atoms with Crippen molar-refractivity contribution in [2.45, 2.75) is 19.8 Å². The monoisotopic (exact) mass is 128 g/mol. The van der Waals surface area contributed by atoms with Crippen LogP contribution in [0.4, 0.5) is 0 Å². The second kappa shape index (κ2) is 3.49. The summed E-state index contributed by atoms with van der Waals surface area (Å²) in [5.74, 6) is 0. The number of ether oxygens (including phenoxy) is 1. The van der Waals surface area contributed by atoms with E-state index in [1.165, 1.54) is 12.8 Å². The zero-order valence-electron chi connectivity index (χ0n) is 5.97. The third-order valence-corrected chi connectivity index (χ3v) is 1.52. The van der Waals surface area contributed by atoms with E-state index in [4.69, 9.17) is 4.74 Å². The van der Waals surface area contributed by atoms with Crippen molar-refractivity contribution in [1.29, 1.82) is 0 Å². The van der Waals surface area contributed by atoms with E-state index in [2.05, 4.69) is 11.5 Å². The van der Waals surface area contributed by atoms with Crippen LogP contribution in [0.1, 0.15) is 19.8 Å². The SMILES string of the molecule is CCCC[N+]1=COCC1. The molecule has 0 aromatic carbocycles. The van der Waals surface area contributed by atoms with E-state index in [0.717, 1.165) is 19.7 Å². The average Bonchev–Trinajstić information content (AvgIpc) is 2.34. The van der Waals surface area contributed by atoms with Crippen LogP contribution in [0.25, 0.3) is 0 Å². The van der Waals surface area contributed by atoms with Crippen molar-refractivity contribution in [3.8, 4) is 0 Å². The summed E-state index contributed by atoms with van der Waals surface area (Å²) in [6.45, 7) is 5.33. The van der Waals surface area contributed by atoms with Gasteiger partial charge in [-0.25, -0.2) is 4.58 Å². The minimum absolute atomic E-state index is 0.879. The lowest BCUT2D eigenvalue weighted by atomic mass is 10.3. The van der Waals surface area contributed by atoms with E-state index in [0.29, 0.717) is 0 Å². The second-order valence-electron chi connectivity index (χ2n) is 2.37. The Morgan fingerprint density at radius 3 is 3.11 bits per heavy atom. The quantitative estimate of drug-likeness (QED) is 0.513. The van der Waals surface area contributed by atoms with Crippen LogP contribution in [0.5, 0.6) is 0 Å². The highest BCUT2D eigenvalue weighted by atomic mass is 16.5. The molecule has 0 aromatic rings. The van der Waals surface area contributed by atoms with Crippen molar-refractivity contribution in [3.63, 3.8) is 0 Å². The molecule has 0 N–H and O–H groups in total. The van der Waals surface area contributed by atoms with Gasteiger partial charge in [0.25, 0.3) is 0 Å². The maximum Gasteiger partial charge on any atom is 0.324 e. The Balaban J connectivity index is 2.11. The molecule has 2 nitrogen and oxygen atoms in total. The fourth-order valence-corrected chi connectivity index (χ4v) is 0.906. The van der Waals surface area contributed by atoms with Gasteiger partial charge in [-0.15, -0.1) is 0 Å². The van der Waals surface area contributed by atoms with E-state index in [9.17, 15) is 0 Å². The van der Waals surface area contributed by atoms with Crippen molar-refractivity contribution < 1.29 is 9.31 Å². The van der Waals surface area contributed by atoms with Crippen molar-refractivity contribution in [1.82, 2.24) is 0 Å². The summed E-state index contributed by atoms with van der Waals surface area (Å²) >= 11 is 0. The molecule has 0 amide bonds. The van der Waals surface area contributed by atoms with Gasteiger partial charge in [-0.2, -0.15) is 0 Å². The normalized spacial score (nSPS) is 17.2. The van der Waals surface area contributed by atoms with Crippen LogP contribution >= 0.6 is 0 Å². The molecule has 0 radical (unpaired) electrons. The van der Waals surface area contributed by atoms with Crippen LogP contribution in [0.2, 0.25) is 0 Å². The summed E-state index contributed by atoms with van der Waals surface area (Å²) in [5.41, 5.74) is 0. The molecule has 0 atom stereocenters. The van der Waals surface area contributed by atoms with Gasteiger partial charge in [-0.05, 0) is 0 Å². The van der Waals surface area contributed by atoms with Gasteiger partial charge in [-0.3, -0.25) is 0 Å². The topological polar surface area (TPSA) is 12.2 Å². The zero-order valence-corrected chi connectivity index (χ0v) is 5.97.